The van der Waals surface area contributed by atoms with Crippen molar-refractivity contribution < 1.29 is 9.29 Å². The molecule has 0 fully saturated rings. The quantitative estimate of drug-likeness (QED) is 0.571. The van der Waals surface area contributed by atoms with Crippen LogP contribution in [0.2, 0.25) is 0 Å². The van der Waals surface area contributed by atoms with Crippen LogP contribution < -0.4 is 10.2 Å². The van der Waals surface area contributed by atoms with Gasteiger partial charge < -0.3 is 10.3 Å². The molecule has 0 bridgehead atoms. The fraction of sp³-hybridized carbons (Fsp3) is 0.158. The van der Waals surface area contributed by atoms with Crippen molar-refractivity contribution in [3.05, 3.63) is 66.3 Å². The summed E-state index contributed by atoms with van der Waals surface area (Å²) in [6.45, 7) is 2.47. The van der Waals surface area contributed by atoms with Crippen molar-refractivity contribution in [2.24, 2.45) is 4.99 Å². The number of quaternary nitrogens is 1. The van der Waals surface area contributed by atoms with Crippen LogP contribution in [-0.4, -0.2) is 42.9 Å². The van der Waals surface area contributed by atoms with Crippen LogP contribution in [0.25, 0.3) is 16.9 Å². The molecule has 29 heavy (non-hydrogen) atoms. The highest BCUT2D eigenvalue weighted by molar-refractivity contribution is 6.14. The maximum absolute atomic E-state index is 14.0. The molecule has 0 saturated heterocycles. The highest BCUT2D eigenvalue weighted by atomic mass is 35.5. The summed E-state index contributed by atoms with van der Waals surface area (Å²) in [4.78, 5) is 21.5. The second kappa shape index (κ2) is 6.94. The van der Waals surface area contributed by atoms with E-state index in [0.29, 0.717) is 18.1 Å². The minimum absolute atomic E-state index is 0.211. The second-order valence-corrected chi connectivity index (χ2v) is 7.24. The molecule has 10 heteroatoms. The molecule has 4 heterocycles. The van der Waals surface area contributed by atoms with E-state index in [0.717, 1.165) is 33.2 Å². The number of aromatic nitrogens is 4. The molecule has 2 aliphatic rings. The largest absolute Gasteiger partial charge is 0.360 e. The number of nitrogens with zero attached hydrogens (tertiary/aromatic N) is 5. The van der Waals surface area contributed by atoms with Gasteiger partial charge in [0.1, 0.15) is 23.4 Å². The standard InChI is InChI=1S/C19H16ClFN8/c1-11(26-19-16-18(23-8-22-16)24-9-25-19)15-17(12-3-2-4-13(21)7-12)29-10-28(20)6-5-14(29)27-15/h2-9,11H,10H2,1H3,(H2,22,23,24,25,26)/p+1. The molecule has 2 unspecified atom stereocenters. The van der Waals surface area contributed by atoms with Gasteiger partial charge in [-0.3, -0.25) is 0 Å². The maximum Gasteiger partial charge on any atom is 0.234 e. The molecule has 3 N–H and O–H groups in total. The number of benzene rings is 1. The number of rotatable bonds is 4. The number of nitrogens with one attached hydrogen (secondary N) is 3. The minimum Gasteiger partial charge on any atom is -0.360 e. The van der Waals surface area contributed by atoms with E-state index in [2.05, 4.69) is 25.3 Å². The average Bonchev–Trinajstić information content (AvgIpc) is 3.33. The molecule has 3 aromatic rings. The number of imidazole rings is 1. The summed E-state index contributed by atoms with van der Waals surface area (Å²) < 4.78 is 15.5. The number of amidine groups is 1. The lowest BCUT2D eigenvalue weighted by Crippen LogP contribution is -3.12. The maximum atomic E-state index is 14.0. The SMILES string of the molecule is CC(Nc1ncnc2nc[nH]c12)C1=C(c2cccc(F)c2)[NH+]2CN(Cl)C=CC2=N1. The number of aliphatic imine (C=N–C) groups is 1. The van der Waals surface area contributed by atoms with Crippen molar-refractivity contribution in [3.8, 4) is 0 Å². The van der Waals surface area contributed by atoms with Crippen LogP contribution in [0.3, 0.4) is 0 Å². The Labute approximate surface area is 170 Å². The zero-order chi connectivity index (χ0) is 20.0. The van der Waals surface area contributed by atoms with Crippen LogP contribution in [0.1, 0.15) is 12.5 Å². The summed E-state index contributed by atoms with van der Waals surface area (Å²) in [6.07, 6.45) is 6.67. The lowest BCUT2D eigenvalue weighted by Gasteiger charge is -2.24. The topological polar surface area (TPSA) is 86.5 Å². The molecule has 5 rings (SSSR count). The third-order valence-corrected chi connectivity index (χ3v) is 5.14. The Morgan fingerprint density at radius 2 is 2.21 bits per heavy atom. The van der Waals surface area contributed by atoms with Crippen molar-refractivity contribution in [2.45, 2.75) is 13.0 Å². The first-order valence-corrected chi connectivity index (χ1v) is 9.40. The van der Waals surface area contributed by atoms with Gasteiger partial charge in [0.05, 0.1) is 12.4 Å². The zero-order valence-electron chi connectivity index (χ0n) is 15.4. The molecular formula is C19H17ClFN8+. The molecule has 2 aliphatic heterocycles. The van der Waals surface area contributed by atoms with Gasteiger partial charge in [0.2, 0.25) is 5.84 Å². The summed E-state index contributed by atoms with van der Waals surface area (Å²) in [5, 5.41) is 3.38. The van der Waals surface area contributed by atoms with E-state index in [1.165, 1.54) is 18.5 Å². The first-order valence-electron chi connectivity index (χ1n) is 9.07. The molecule has 146 valence electrons. The van der Waals surface area contributed by atoms with Gasteiger partial charge in [-0.25, -0.2) is 28.7 Å². The number of anilines is 1. The van der Waals surface area contributed by atoms with Crippen molar-refractivity contribution in [2.75, 3.05) is 12.0 Å². The van der Waals surface area contributed by atoms with E-state index in [1.54, 1.807) is 23.0 Å². The Morgan fingerprint density at radius 1 is 1.31 bits per heavy atom. The summed E-state index contributed by atoms with van der Waals surface area (Å²) >= 11 is 6.21. The lowest BCUT2D eigenvalue weighted by atomic mass is 10.1. The predicted molar refractivity (Wildman–Crippen MR) is 108 cm³/mol. The Balaban J connectivity index is 1.58. The third-order valence-electron chi connectivity index (χ3n) is 4.91. The third kappa shape index (κ3) is 3.14. The second-order valence-electron chi connectivity index (χ2n) is 6.81. The highest BCUT2D eigenvalue weighted by Gasteiger charge is 2.37. The van der Waals surface area contributed by atoms with Crippen LogP contribution in [0, 0.1) is 5.82 Å². The summed E-state index contributed by atoms with van der Waals surface area (Å²) in [5.74, 6) is 1.16. The van der Waals surface area contributed by atoms with Gasteiger partial charge in [-0.15, -0.1) is 0 Å². The molecule has 2 atom stereocenters. The van der Waals surface area contributed by atoms with Crippen LogP contribution >= 0.6 is 11.8 Å². The van der Waals surface area contributed by atoms with Gasteiger partial charge in [-0.1, -0.05) is 6.07 Å². The van der Waals surface area contributed by atoms with E-state index in [9.17, 15) is 4.39 Å². The lowest BCUT2D eigenvalue weighted by molar-refractivity contribution is -0.732. The van der Waals surface area contributed by atoms with Crippen LogP contribution in [0.15, 0.2) is 59.9 Å². The number of aromatic amines is 1. The molecule has 0 radical (unpaired) electrons. The van der Waals surface area contributed by atoms with Crippen molar-refractivity contribution >= 4 is 40.3 Å². The van der Waals surface area contributed by atoms with E-state index < -0.39 is 0 Å². The number of halogens is 2. The monoisotopic (exact) mass is 411 g/mol. The molecule has 2 aromatic heterocycles. The van der Waals surface area contributed by atoms with Gasteiger partial charge in [0.25, 0.3) is 0 Å². The molecule has 0 amide bonds. The number of fused-ring (bicyclic) bond motifs is 2. The highest BCUT2D eigenvalue weighted by Crippen LogP contribution is 2.26. The first-order chi connectivity index (χ1) is 14.1. The van der Waals surface area contributed by atoms with Crippen molar-refractivity contribution in [1.29, 1.82) is 0 Å². The summed E-state index contributed by atoms with van der Waals surface area (Å²) in [7, 11) is 0. The fourth-order valence-electron chi connectivity index (χ4n) is 3.62. The first kappa shape index (κ1) is 17.8. The molecule has 0 saturated carbocycles. The molecular weight excluding hydrogens is 395 g/mol. The Morgan fingerprint density at radius 3 is 3.07 bits per heavy atom. The summed E-state index contributed by atoms with van der Waals surface area (Å²) in [5.41, 5.74) is 3.73. The van der Waals surface area contributed by atoms with Gasteiger partial charge in [-0.2, -0.15) is 4.99 Å². The van der Waals surface area contributed by atoms with E-state index in [1.807, 2.05) is 19.1 Å². The zero-order valence-corrected chi connectivity index (χ0v) is 16.2. The average molecular weight is 412 g/mol. The van der Waals surface area contributed by atoms with Crippen molar-refractivity contribution in [3.63, 3.8) is 0 Å². The minimum atomic E-state index is -0.298. The fourth-order valence-corrected chi connectivity index (χ4v) is 3.79. The van der Waals surface area contributed by atoms with Gasteiger partial charge >= 0.3 is 0 Å². The van der Waals surface area contributed by atoms with Crippen molar-refractivity contribution in [1.82, 2.24) is 24.4 Å². The predicted octanol–water partition coefficient (Wildman–Crippen LogP) is 1.90. The Hall–Kier alpha value is -3.30. The van der Waals surface area contributed by atoms with E-state index >= 15 is 0 Å². The number of hydrogen-bond acceptors (Lipinski definition) is 6. The van der Waals surface area contributed by atoms with Gasteiger partial charge in [-0.05, 0) is 25.1 Å². The Bertz CT molecular complexity index is 1180. The van der Waals surface area contributed by atoms with Gasteiger partial charge in [0.15, 0.2) is 23.8 Å². The van der Waals surface area contributed by atoms with Gasteiger partial charge in [0, 0.05) is 29.6 Å². The van der Waals surface area contributed by atoms with Crippen LogP contribution in [0.4, 0.5) is 10.2 Å². The normalized spacial score (nSPS) is 19.5. The molecule has 1 aromatic carbocycles. The van der Waals surface area contributed by atoms with Crippen LogP contribution in [0.5, 0.6) is 0 Å². The van der Waals surface area contributed by atoms with Crippen LogP contribution in [-0.2, 0) is 0 Å². The Kier molecular flexibility index (Phi) is 4.26. The van der Waals surface area contributed by atoms with E-state index in [4.69, 9.17) is 16.8 Å². The molecule has 0 spiro atoms. The smallest absolute Gasteiger partial charge is 0.234 e. The summed E-state index contributed by atoms with van der Waals surface area (Å²) in [6, 6.07) is 6.31. The molecule has 0 aliphatic carbocycles. The number of hydrogen-bond donors (Lipinski definition) is 3. The number of H-pyrrole nitrogens is 1. The van der Waals surface area contributed by atoms with E-state index in [-0.39, 0.29) is 11.9 Å². The molecule has 8 nitrogen and oxygen atoms in total.